The third-order valence-corrected chi connectivity index (χ3v) is 3.14. The molecule has 7 nitrogen and oxygen atoms in total. The Kier molecular flexibility index (Phi) is 6.58. The zero-order chi connectivity index (χ0) is 16.5. The molecule has 2 N–H and O–H groups in total. The summed E-state index contributed by atoms with van der Waals surface area (Å²) in [4.78, 5) is 23.7. The quantitative estimate of drug-likeness (QED) is 0.386. The van der Waals surface area contributed by atoms with Crippen LogP contribution in [0.3, 0.4) is 0 Å². The van der Waals surface area contributed by atoms with E-state index >= 15 is 0 Å². The first kappa shape index (κ1) is 17.0. The van der Waals surface area contributed by atoms with Crippen LogP contribution in [0.4, 0.5) is 5.69 Å². The summed E-state index contributed by atoms with van der Waals surface area (Å²) in [5.74, 6) is 0.0419. The molecule has 0 fully saturated rings. The molecule has 7 heteroatoms. The smallest absolute Gasteiger partial charge is 0.253 e. The van der Waals surface area contributed by atoms with Crippen LogP contribution in [0.2, 0.25) is 0 Å². The molecule has 124 valence electrons. The van der Waals surface area contributed by atoms with Gasteiger partial charge in [0.05, 0.1) is 38.7 Å². The molecule has 0 spiro atoms. The molecule has 0 aliphatic carbocycles. The molecule has 0 saturated heterocycles. The second-order valence-electron chi connectivity index (χ2n) is 4.77. The van der Waals surface area contributed by atoms with Gasteiger partial charge >= 0.3 is 0 Å². The van der Waals surface area contributed by atoms with Gasteiger partial charge < -0.3 is 19.9 Å². The summed E-state index contributed by atoms with van der Waals surface area (Å²) in [6.07, 6.45) is 2.51. The molecule has 0 atom stereocenters. The standard InChI is InChI=1S/C16H20N2O5/c17-13-3-1-2-4-14(13)23-12-11-22-10-9-21-8-7-18-15(19)5-6-16(18)20/h1-6H,7-12,17H2. The number of rotatable bonds is 10. The van der Waals surface area contributed by atoms with Crippen LogP contribution in [-0.4, -0.2) is 56.3 Å². The average Bonchev–Trinajstić information content (AvgIpc) is 2.86. The minimum atomic E-state index is -0.299. The van der Waals surface area contributed by atoms with Crippen LogP contribution in [0.15, 0.2) is 36.4 Å². The van der Waals surface area contributed by atoms with Gasteiger partial charge in [0.25, 0.3) is 11.8 Å². The lowest BCUT2D eigenvalue weighted by molar-refractivity contribution is -0.137. The van der Waals surface area contributed by atoms with E-state index in [2.05, 4.69) is 0 Å². The molecule has 0 unspecified atom stereocenters. The highest BCUT2D eigenvalue weighted by molar-refractivity contribution is 6.12. The van der Waals surface area contributed by atoms with Crippen molar-refractivity contribution in [2.24, 2.45) is 0 Å². The lowest BCUT2D eigenvalue weighted by atomic mass is 10.3. The van der Waals surface area contributed by atoms with E-state index in [4.69, 9.17) is 19.9 Å². The molecule has 1 aliphatic rings. The lowest BCUT2D eigenvalue weighted by Crippen LogP contribution is -2.33. The zero-order valence-electron chi connectivity index (χ0n) is 12.8. The third-order valence-electron chi connectivity index (χ3n) is 3.14. The number of carbonyl (C=O) groups is 2. The number of amides is 2. The van der Waals surface area contributed by atoms with Crippen molar-refractivity contribution >= 4 is 17.5 Å². The second kappa shape index (κ2) is 8.92. The van der Waals surface area contributed by atoms with E-state index in [-0.39, 0.29) is 18.4 Å². The number of nitrogen functional groups attached to an aromatic ring is 1. The van der Waals surface area contributed by atoms with Crippen molar-refractivity contribution in [2.45, 2.75) is 0 Å². The molecule has 2 amide bonds. The largest absolute Gasteiger partial charge is 0.489 e. The van der Waals surface area contributed by atoms with Gasteiger partial charge in [0, 0.05) is 12.2 Å². The molecule has 1 aliphatic heterocycles. The Morgan fingerprint density at radius 1 is 0.870 bits per heavy atom. The Morgan fingerprint density at radius 2 is 1.48 bits per heavy atom. The molecule has 0 radical (unpaired) electrons. The second-order valence-corrected chi connectivity index (χ2v) is 4.77. The number of nitrogens with two attached hydrogens (primary N) is 1. The average molecular weight is 320 g/mol. The lowest BCUT2D eigenvalue weighted by Gasteiger charge is -2.13. The minimum absolute atomic E-state index is 0.251. The summed E-state index contributed by atoms with van der Waals surface area (Å²) in [6, 6.07) is 7.27. The van der Waals surface area contributed by atoms with Gasteiger partial charge in [-0.15, -0.1) is 0 Å². The minimum Gasteiger partial charge on any atom is -0.489 e. The van der Waals surface area contributed by atoms with Gasteiger partial charge in [-0.3, -0.25) is 14.5 Å². The van der Waals surface area contributed by atoms with E-state index in [0.717, 1.165) is 4.90 Å². The third kappa shape index (κ3) is 5.39. The summed E-state index contributed by atoms with van der Waals surface area (Å²) in [7, 11) is 0. The molecular formula is C16H20N2O5. The van der Waals surface area contributed by atoms with Crippen LogP contribution in [0, 0.1) is 0 Å². The molecular weight excluding hydrogens is 300 g/mol. The van der Waals surface area contributed by atoms with Crippen LogP contribution < -0.4 is 10.5 Å². The first-order valence-electron chi connectivity index (χ1n) is 7.35. The first-order chi connectivity index (χ1) is 11.2. The van der Waals surface area contributed by atoms with Gasteiger partial charge in [0.15, 0.2) is 0 Å². The van der Waals surface area contributed by atoms with Crippen LogP contribution >= 0.6 is 0 Å². The number of anilines is 1. The van der Waals surface area contributed by atoms with Crippen LogP contribution in [0.1, 0.15) is 0 Å². The Labute approximate surface area is 134 Å². The monoisotopic (exact) mass is 320 g/mol. The molecule has 1 aromatic carbocycles. The number of nitrogens with zero attached hydrogens (tertiary/aromatic N) is 1. The molecule has 23 heavy (non-hydrogen) atoms. The van der Waals surface area contributed by atoms with Crippen molar-refractivity contribution in [1.29, 1.82) is 0 Å². The van der Waals surface area contributed by atoms with E-state index in [1.54, 1.807) is 12.1 Å². The van der Waals surface area contributed by atoms with Crippen LogP contribution in [0.5, 0.6) is 5.75 Å². The van der Waals surface area contributed by atoms with Gasteiger partial charge in [0.2, 0.25) is 0 Å². The predicted molar refractivity (Wildman–Crippen MR) is 83.8 cm³/mol. The van der Waals surface area contributed by atoms with E-state index in [9.17, 15) is 9.59 Å². The molecule has 0 bridgehead atoms. The Bertz CT molecular complexity index is 555. The summed E-state index contributed by atoms with van der Waals surface area (Å²) < 4.78 is 16.2. The highest BCUT2D eigenvalue weighted by Crippen LogP contribution is 2.19. The number of ether oxygens (including phenoxy) is 3. The number of hydrogen-bond acceptors (Lipinski definition) is 6. The van der Waals surface area contributed by atoms with E-state index in [1.807, 2.05) is 12.1 Å². The topological polar surface area (TPSA) is 91.1 Å². The zero-order valence-corrected chi connectivity index (χ0v) is 12.8. The SMILES string of the molecule is Nc1ccccc1OCCOCCOCCN1C(=O)C=CC1=O. The van der Waals surface area contributed by atoms with Gasteiger partial charge in [-0.25, -0.2) is 0 Å². The summed E-state index contributed by atoms with van der Waals surface area (Å²) >= 11 is 0. The van der Waals surface area contributed by atoms with Crippen molar-refractivity contribution < 1.29 is 23.8 Å². The fourth-order valence-corrected chi connectivity index (χ4v) is 1.95. The summed E-state index contributed by atoms with van der Waals surface area (Å²) in [5.41, 5.74) is 6.34. The molecule has 1 heterocycles. The summed E-state index contributed by atoms with van der Waals surface area (Å²) in [6.45, 7) is 2.16. The number of benzene rings is 1. The number of imide groups is 1. The Hall–Kier alpha value is -2.38. The Balaban J connectivity index is 1.45. The maximum atomic E-state index is 11.3. The van der Waals surface area contributed by atoms with Crippen molar-refractivity contribution in [2.75, 3.05) is 45.3 Å². The van der Waals surface area contributed by atoms with Gasteiger partial charge in [0.1, 0.15) is 12.4 Å². The highest BCUT2D eigenvalue weighted by Gasteiger charge is 2.22. The maximum absolute atomic E-state index is 11.3. The van der Waals surface area contributed by atoms with E-state index in [0.29, 0.717) is 44.5 Å². The number of hydrogen-bond donors (Lipinski definition) is 1. The molecule has 1 aromatic rings. The molecule has 0 aromatic heterocycles. The fourth-order valence-electron chi connectivity index (χ4n) is 1.95. The van der Waals surface area contributed by atoms with Gasteiger partial charge in [-0.05, 0) is 12.1 Å². The van der Waals surface area contributed by atoms with Crippen molar-refractivity contribution in [1.82, 2.24) is 4.90 Å². The van der Waals surface area contributed by atoms with Crippen molar-refractivity contribution in [3.05, 3.63) is 36.4 Å². The van der Waals surface area contributed by atoms with E-state index < -0.39 is 0 Å². The first-order valence-corrected chi connectivity index (χ1v) is 7.35. The molecule has 0 saturated carbocycles. The number of carbonyl (C=O) groups excluding carboxylic acids is 2. The fraction of sp³-hybridized carbons (Fsp3) is 0.375. The van der Waals surface area contributed by atoms with Gasteiger partial charge in [-0.1, -0.05) is 12.1 Å². The molecule has 2 rings (SSSR count). The van der Waals surface area contributed by atoms with Crippen LogP contribution in [0.25, 0.3) is 0 Å². The summed E-state index contributed by atoms with van der Waals surface area (Å²) in [5, 5.41) is 0. The predicted octanol–water partition coefficient (Wildman–Crippen LogP) is 0.606. The van der Waals surface area contributed by atoms with Crippen molar-refractivity contribution in [3.63, 3.8) is 0 Å². The van der Waals surface area contributed by atoms with Crippen molar-refractivity contribution in [3.8, 4) is 5.75 Å². The number of para-hydroxylation sites is 2. The van der Waals surface area contributed by atoms with Crippen LogP contribution in [-0.2, 0) is 19.1 Å². The Morgan fingerprint density at radius 3 is 2.17 bits per heavy atom. The normalized spacial score (nSPS) is 13.8. The highest BCUT2D eigenvalue weighted by atomic mass is 16.5. The van der Waals surface area contributed by atoms with E-state index in [1.165, 1.54) is 12.2 Å². The van der Waals surface area contributed by atoms with Gasteiger partial charge in [-0.2, -0.15) is 0 Å². The maximum Gasteiger partial charge on any atom is 0.253 e.